The summed E-state index contributed by atoms with van der Waals surface area (Å²) in [6.07, 6.45) is 0. The molecule has 3 nitrogen and oxygen atoms in total. The van der Waals surface area contributed by atoms with Crippen LogP contribution >= 0.6 is 38.9 Å². The summed E-state index contributed by atoms with van der Waals surface area (Å²) in [5, 5.41) is 0.475. The van der Waals surface area contributed by atoms with E-state index in [1.54, 1.807) is 34.4 Å². The van der Waals surface area contributed by atoms with Crippen LogP contribution < -0.4 is 5.73 Å². The van der Waals surface area contributed by atoms with Crippen LogP contribution in [0.3, 0.4) is 0 Å². The van der Waals surface area contributed by atoms with E-state index in [9.17, 15) is 4.79 Å². The van der Waals surface area contributed by atoms with Gasteiger partial charge in [-0.25, -0.2) is 0 Å². The molecule has 106 valence electrons. The molecule has 0 spiro atoms. The number of amides is 1. The summed E-state index contributed by atoms with van der Waals surface area (Å²) >= 11 is 11.0. The van der Waals surface area contributed by atoms with Gasteiger partial charge in [-0.15, -0.1) is 11.3 Å². The Balaban J connectivity index is 2.20. The van der Waals surface area contributed by atoms with Crippen molar-refractivity contribution < 1.29 is 4.79 Å². The third-order valence-corrected chi connectivity index (χ3v) is 4.64. The number of carbonyl (C=O) groups excluding carboxylic acids is 1. The predicted molar refractivity (Wildman–Crippen MR) is 88.3 cm³/mol. The van der Waals surface area contributed by atoms with Gasteiger partial charge >= 0.3 is 0 Å². The molecular formula is C14H14BrClN2OS. The molecule has 2 aromatic rings. The lowest BCUT2D eigenvalue weighted by Gasteiger charge is -2.20. The molecule has 1 heterocycles. The van der Waals surface area contributed by atoms with Crippen molar-refractivity contribution in [3.63, 3.8) is 0 Å². The van der Waals surface area contributed by atoms with Crippen molar-refractivity contribution in [3.05, 3.63) is 49.6 Å². The number of anilines is 1. The topological polar surface area (TPSA) is 46.3 Å². The molecule has 0 bridgehead atoms. The lowest BCUT2D eigenvalue weighted by atomic mass is 10.1. The highest BCUT2D eigenvalue weighted by atomic mass is 79.9. The summed E-state index contributed by atoms with van der Waals surface area (Å²) in [6, 6.07) is 8.92. The largest absolute Gasteiger partial charge is 0.399 e. The van der Waals surface area contributed by atoms with Gasteiger partial charge in [-0.1, -0.05) is 11.6 Å². The van der Waals surface area contributed by atoms with Crippen LogP contribution in [0.5, 0.6) is 0 Å². The van der Waals surface area contributed by atoms with E-state index in [1.165, 1.54) is 0 Å². The Kier molecular flexibility index (Phi) is 5.07. The van der Waals surface area contributed by atoms with Crippen molar-refractivity contribution in [2.75, 3.05) is 12.3 Å². The fourth-order valence-electron chi connectivity index (χ4n) is 1.87. The number of thiophene rings is 1. The minimum absolute atomic E-state index is 0.0637. The van der Waals surface area contributed by atoms with Gasteiger partial charge in [0.05, 0.1) is 10.3 Å². The molecule has 0 aliphatic heterocycles. The maximum atomic E-state index is 12.5. The van der Waals surface area contributed by atoms with E-state index in [2.05, 4.69) is 15.9 Å². The Morgan fingerprint density at radius 2 is 2.15 bits per heavy atom. The Labute approximate surface area is 135 Å². The Morgan fingerprint density at radius 1 is 1.40 bits per heavy atom. The molecule has 1 aromatic carbocycles. The average molecular weight is 374 g/mol. The maximum Gasteiger partial charge on any atom is 0.254 e. The molecule has 2 N–H and O–H groups in total. The molecule has 0 aliphatic rings. The second-order valence-electron chi connectivity index (χ2n) is 4.30. The van der Waals surface area contributed by atoms with Crippen LogP contribution in [0.25, 0.3) is 0 Å². The normalized spacial score (nSPS) is 10.6. The highest BCUT2D eigenvalue weighted by molar-refractivity contribution is 9.11. The standard InChI is InChI=1S/C14H14BrClN2OS/c1-2-18(8-12-3-4-13(15)20-12)14(19)9-5-10(16)7-11(17)6-9/h3-7H,2,8,17H2,1H3. The number of nitrogens with zero attached hydrogens (tertiary/aromatic N) is 1. The van der Waals surface area contributed by atoms with E-state index in [4.69, 9.17) is 17.3 Å². The third-order valence-electron chi connectivity index (χ3n) is 2.81. The predicted octanol–water partition coefficient (Wildman–Crippen LogP) is 4.41. The number of benzene rings is 1. The zero-order chi connectivity index (χ0) is 14.7. The quantitative estimate of drug-likeness (QED) is 0.807. The highest BCUT2D eigenvalue weighted by Crippen LogP contribution is 2.24. The first-order valence-electron chi connectivity index (χ1n) is 6.09. The van der Waals surface area contributed by atoms with Crippen molar-refractivity contribution >= 4 is 50.5 Å². The molecule has 0 saturated heterocycles. The van der Waals surface area contributed by atoms with E-state index in [-0.39, 0.29) is 5.91 Å². The van der Waals surface area contributed by atoms with Gasteiger partial charge in [0.25, 0.3) is 5.91 Å². The van der Waals surface area contributed by atoms with Gasteiger partial charge in [0.1, 0.15) is 0 Å². The molecule has 1 aromatic heterocycles. The molecule has 20 heavy (non-hydrogen) atoms. The SMILES string of the molecule is CCN(Cc1ccc(Br)s1)C(=O)c1cc(N)cc(Cl)c1. The number of hydrogen-bond acceptors (Lipinski definition) is 3. The van der Waals surface area contributed by atoms with Crippen LogP contribution in [0.15, 0.2) is 34.1 Å². The van der Waals surface area contributed by atoms with Gasteiger partial charge < -0.3 is 10.6 Å². The van der Waals surface area contributed by atoms with Crippen molar-refractivity contribution in [2.45, 2.75) is 13.5 Å². The Hall–Kier alpha value is -1.04. The molecule has 1 amide bonds. The lowest BCUT2D eigenvalue weighted by molar-refractivity contribution is 0.0754. The van der Waals surface area contributed by atoms with E-state index < -0.39 is 0 Å². The number of hydrogen-bond donors (Lipinski definition) is 1. The van der Waals surface area contributed by atoms with Crippen molar-refractivity contribution in [1.82, 2.24) is 4.90 Å². The molecule has 2 rings (SSSR count). The summed E-state index contributed by atoms with van der Waals surface area (Å²) in [5.74, 6) is -0.0637. The van der Waals surface area contributed by atoms with Crippen LogP contribution in [0.4, 0.5) is 5.69 Å². The highest BCUT2D eigenvalue weighted by Gasteiger charge is 2.16. The fourth-order valence-corrected chi connectivity index (χ4v) is 3.61. The monoisotopic (exact) mass is 372 g/mol. The average Bonchev–Trinajstić information content (AvgIpc) is 2.79. The van der Waals surface area contributed by atoms with Crippen molar-refractivity contribution in [3.8, 4) is 0 Å². The van der Waals surface area contributed by atoms with E-state index in [0.717, 1.165) is 8.66 Å². The first kappa shape index (κ1) is 15.4. The molecule has 6 heteroatoms. The molecular weight excluding hydrogens is 360 g/mol. The summed E-state index contributed by atoms with van der Waals surface area (Å²) in [7, 11) is 0. The Morgan fingerprint density at radius 3 is 2.70 bits per heavy atom. The summed E-state index contributed by atoms with van der Waals surface area (Å²) in [4.78, 5) is 15.4. The summed E-state index contributed by atoms with van der Waals surface area (Å²) < 4.78 is 1.06. The minimum Gasteiger partial charge on any atom is -0.399 e. The van der Waals surface area contributed by atoms with Crippen LogP contribution in [-0.4, -0.2) is 17.4 Å². The van der Waals surface area contributed by atoms with Crippen LogP contribution in [0, 0.1) is 0 Å². The molecule has 0 saturated carbocycles. The molecule has 0 aliphatic carbocycles. The van der Waals surface area contributed by atoms with Crippen LogP contribution in [0.1, 0.15) is 22.2 Å². The van der Waals surface area contributed by atoms with Crippen LogP contribution in [-0.2, 0) is 6.54 Å². The van der Waals surface area contributed by atoms with Gasteiger partial charge in [-0.2, -0.15) is 0 Å². The zero-order valence-electron chi connectivity index (χ0n) is 10.9. The Bertz CT molecular complexity index is 609. The van der Waals surface area contributed by atoms with Gasteiger partial charge in [0, 0.05) is 27.7 Å². The first-order valence-corrected chi connectivity index (χ1v) is 8.08. The van der Waals surface area contributed by atoms with Crippen LogP contribution in [0.2, 0.25) is 5.02 Å². The molecule has 0 unspecified atom stereocenters. The lowest BCUT2D eigenvalue weighted by Crippen LogP contribution is -2.30. The maximum absolute atomic E-state index is 12.5. The zero-order valence-corrected chi connectivity index (χ0v) is 14.1. The smallest absolute Gasteiger partial charge is 0.254 e. The molecule has 0 fully saturated rings. The number of nitrogens with two attached hydrogens (primary N) is 1. The van der Waals surface area contributed by atoms with Gasteiger partial charge in [0.15, 0.2) is 0 Å². The molecule has 0 radical (unpaired) electrons. The van der Waals surface area contributed by atoms with Gasteiger partial charge in [-0.3, -0.25) is 4.79 Å². The number of rotatable bonds is 4. The van der Waals surface area contributed by atoms with E-state index in [0.29, 0.717) is 29.4 Å². The second kappa shape index (κ2) is 6.61. The second-order valence-corrected chi connectivity index (χ2v) is 7.28. The first-order chi connectivity index (χ1) is 9.49. The number of halogens is 2. The van der Waals surface area contributed by atoms with E-state index in [1.807, 2.05) is 19.1 Å². The van der Waals surface area contributed by atoms with E-state index >= 15 is 0 Å². The summed E-state index contributed by atoms with van der Waals surface area (Å²) in [5.41, 5.74) is 6.75. The fraction of sp³-hybridized carbons (Fsp3) is 0.214. The van der Waals surface area contributed by atoms with Gasteiger partial charge in [-0.05, 0) is 53.2 Å². The van der Waals surface area contributed by atoms with Crippen molar-refractivity contribution in [1.29, 1.82) is 0 Å². The van der Waals surface area contributed by atoms with Crippen molar-refractivity contribution in [2.24, 2.45) is 0 Å². The van der Waals surface area contributed by atoms with Gasteiger partial charge in [0.2, 0.25) is 0 Å². The summed E-state index contributed by atoms with van der Waals surface area (Å²) in [6.45, 7) is 3.16. The number of nitrogen functional groups attached to an aromatic ring is 1. The third kappa shape index (κ3) is 3.75. The molecule has 0 atom stereocenters. The number of carbonyl (C=O) groups is 1. The minimum atomic E-state index is -0.0637.